The van der Waals surface area contributed by atoms with Crippen LogP contribution in [-0.4, -0.2) is 29.9 Å². The van der Waals surface area contributed by atoms with Gasteiger partial charge in [-0.25, -0.2) is 4.79 Å². The monoisotopic (exact) mass is 279 g/mol. The average Bonchev–Trinajstić information content (AvgIpc) is 2.98. The molecule has 110 valence electrons. The molecule has 0 bridgehead atoms. The number of amides is 3. The fraction of sp³-hybridized carbons (Fsp3) is 0.571. The van der Waals surface area contributed by atoms with Crippen molar-refractivity contribution < 1.29 is 14.0 Å². The molecular weight excluding hydrogens is 258 g/mol. The zero-order chi connectivity index (χ0) is 15.0. The smallest absolute Gasteiger partial charge is 0.325 e. The summed E-state index contributed by atoms with van der Waals surface area (Å²) in [6, 6.07) is 2.99. The molecule has 6 heteroatoms. The third kappa shape index (κ3) is 2.43. The Labute approximate surface area is 118 Å². The highest BCUT2D eigenvalue weighted by Gasteiger charge is 2.50. The van der Waals surface area contributed by atoms with Gasteiger partial charge in [-0.05, 0) is 37.4 Å². The number of nitrogens with two attached hydrogens (primary N) is 1. The summed E-state index contributed by atoms with van der Waals surface area (Å²) in [6.45, 7) is 6.53. The first-order valence-electron chi connectivity index (χ1n) is 6.68. The molecule has 0 radical (unpaired) electrons. The van der Waals surface area contributed by atoms with E-state index in [1.165, 1.54) is 11.2 Å². The summed E-state index contributed by atoms with van der Waals surface area (Å²) in [5, 5.41) is 2.70. The fourth-order valence-corrected chi connectivity index (χ4v) is 2.15. The lowest BCUT2D eigenvalue weighted by Gasteiger charge is -2.25. The number of nitrogens with one attached hydrogen (secondary N) is 1. The Morgan fingerprint density at radius 1 is 1.45 bits per heavy atom. The van der Waals surface area contributed by atoms with Crippen LogP contribution in [0.25, 0.3) is 0 Å². The minimum absolute atomic E-state index is 0.107. The number of carbonyl (C=O) groups is 2. The molecule has 1 aliphatic rings. The van der Waals surface area contributed by atoms with Gasteiger partial charge >= 0.3 is 6.03 Å². The standard InChI is InChI=1S/C14H21N3O3/c1-13(2,9-15)6-7-17-11(18)14(3,16-12(17)19)10-5-4-8-20-10/h4-5,8H,6-7,9,15H2,1-3H3,(H,16,19). The summed E-state index contributed by atoms with van der Waals surface area (Å²) in [5.74, 6) is 0.154. The minimum Gasteiger partial charge on any atom is -0.466 e. The van der Waals surface area contributed by atoms with Crippen LogP contribution >= 0.6 is 0 Å². The van der Waals surface area contributed by atoms with Crippen molar-refractivity contribution in [2.24, 2.45) is 11.1 Å². The van der Waals surface area contributed by atoms with Crippen molar-refractivity contribution in [2.45, 2.75) is 32.7 Å². The molecule has 0 aliphatic carbocycles. The maximum Gasteiger partial charge on any atom is 0.325 e. The number of hydrogen-bond donors (Lipinski definition) is 2. The van der Waals surface area contributed by atoms with Gasteiger partial charge in [0.15, 0.2) is 5.54 Å². The van der Waals surface area contributed by atoms with Crippen LogP contribution in [0, 0.1) is 5.41 Å². The van der Waals surface area contributed by atoms with E-state index in [4.69, 9.17) is 10.2 Å². The largest absolute Gasteiger partial charge is 0.466 e. The van der Waals surface area contributed by atoms with Crippen molar-refractivity contribution >= 4 is 11.9 Å². The molecule has 6 nitrogen and oxygen atoms in total. The first-order chi connectivity index (χ1) is 9.30. The molecule has 0 saturated carbocycles. The first-order valence-corrected chi connectivity index (χ1v) is 6.68. The van der Waals surface area contributed by atoms with Crippen molar-refractivity contribution in [3.05, 3.63) is 24.2 Å². The number of nitrogens with zero attached hydrogens (tertiary/aromatic N) is 1. The Balaban J connectivity index is 2.14. The molecular formula is C14H21N3O3. The van der Waals surface area contributed by atoms with Crippen molar-refractivity contribution in [3.8, 4) is 0 Å². The van der Waals surface area contributed by atoms with Gasteiger partial charge in [0.1, 0.15) is 5.76 Å². The van der Waals surface area contributed by atoms with Crippen molar-refractivity contribution in [3.63, 3.8) is 0 Å². The molecule has 2 heterocycles. The van der Waals surface area contributed by atoms with Gasteiger partial charge in [0.25, 0.3) is 5.91 Å². The molecule has 1 fully saturated rings. The van der Waals surface area contributed by atoms with Crippen molar-refractivity contribution in [1.29, 1.82) is 0 Å². The van der Waals surface area contributed by atoms with E-state index in [0.717, 1.165) is 0 Å². The predicted octanol–water partition coefficient (Wildman–Crippen LogP) is 1.42. The number of urea groups is 1. The van der Waals surface area contributed by atoms with Crippen LogP contribution in [-0.2, 0) is 10.3 Å². The molecule has 3 amide bonds. The second-order valence-corrected chi connectivity index (χ2v) is 6.11. The number of rotatable bonds is 5. The normalized spacial score (nSPS) is 23.3. The average molecular weight is 279 g/mol. The van der Waals surface area contributed by atoms with Crippen molar-refractivity contribution in [2.75, 3.05) is 13.1 Å². The Morgan fingerprint density at radius 3 is 2.70 bits per heavy atom. The Morgan fingerprint density at radius 2 is 2.15 bits per heavy atom. The van der Waals surface area contributed by atoms with Gasteiger partial charge in [-0.15, -0.1) is 0 Å². The van der Waals surface area contributed by atoms with E-state index in [-0.39, 0.29) is 17.4 Å². The van der Waals surface area contributed by atoms with Crippen LogP contribution < -0.4 is 11.1 Å². The maximum absolute atomic E-state index is 12.5. The number of imide groups is 1. The zero-order valence-electron chi connectivity index (χ0n) is 12.1. The second-order valence-electron chi connectivity index (χ2n) is 6.11. The lowest BCUT2D eigenvalue weighted by molar-refractivity contribution is -0.131. The van der Waals surface area contributed by atoms with E-state index in [1.54, 1.807) is 19.1 Å². The highest BCUT2D eigenvalue weighted by molar-refractivity contribution is 6.06. The van der Waals surface area contributed by atoms with E-state index in [0.29, 0.717) is 25.3 Å². The summed E-state index contributed by atoms with van der Waals surface area (Å²) in [4.78, 5) is 25.8. The van der Waals surface area contributed by atoms with Gasteiger partial charge in [0.2, 0.25) is 0 Å². The molecule has 0 spiro atoms. The number of carbonyl (C=O) groups excluding carboxylic acids is 2. The Bertz CT molecular complexity index is 510. The summed E-state index contributed by atoms with van der Waals surface area (Å²) in [6.07, 6.45) is 2.15. The van der Waals surface area contributed by atoms with E-state index < -0.39 is 5.54 Å². The summed E-state index contributed by atoms with van der Waals surface area (Å²) in [7, 11) is 0. The van der Waals surface area contributed by atoms with Gasteiger partial charge in [-0.3, -0.25) is 9.69 Å². The minimum atomic E-state index is -1.12. The summed E-state index contributed by atoms with van der Waals surface area (Å²) >= 11 is 0. The van der Waals surface area contributed by atoms with Gasteiger partial charge in [-0.1, -0.05) is 13.8 Å². The number of furan rings is 1. The predicted molar refractivity (Wildman–Crippen MR) is 73.8 cm³/mol. The first kappa shape index (κ1) is 14.6. The van der Waals surface area contributed by atoms with Gasteiger partial charge in [0, 0.05) is 6.54 Å². The topological polar surface area (TPSA) is 88.6 Å². The third-order valence-electron chi connectivity index (χ3n) is 3.85. The summed E-state index contributed by atoms with van der Waals surface area (Å²) in [5.41, 5.74) is 4.45. The van der Waals surface area contributed by atoms with Crippen LogP contribution in [0.3, 0.4) is 0 Å². The van der Waals surface area contributed by atoms with E-state index in [9.17, 15) is 9.59 Å². The van der Waals surface area contributed by atoms with E-state index in [1.807, 2.05) is 13.8 Å². The molecule has 0 aromatic carbocycles. The highest BCUT2D eigenvalue weighted by Crippen LogP contribution is 2.30. The van der Waals surface area contributed by atoms with Gasteiger partial charge in [0.05, 0.1) is 6.26 Å². The van der Waals surface area contributed by atoms with Crippen LogP contribution in [0.2, 0.25) is 0 Å². The van der Waals surface area contributed by atoms with Crippen LogP contribution in [0.1, 0.15) is 33.0 Å². The number of hydrogen-bond acceptors (Lipinski definition) is 4. The van der Waals surface area contributed by atoms with Gasteiger partial charge in [-0.2, -0.15) is 0 Å². The molecule has 20 heavy (non-hydrogen) atoms. The molecule has 3 N–H and O–H groups in total. The van der Waals surface area contributed by atoms with Crippen LogP contribution in [0.5, 0.6) is 0 Å². The molecule has 1 aromatic rings. The SMILES string of the molecule is CC(C)(CN)CCN1C(=O)NC(C)(c2ccco2)C1=O. The summed E-state index contributed by atoms with van der Waals surface area (Å²) < 4.78 is 5.27. The molecule has 1 saturated heterocycles. The van der Waals surface area contributed by atoms with E-state index in [2.05, 4.69) is 5.32 Å². The molecule has 2 rings (SSSR count). The Kier molecular flexibility index (Phi) is 3.60. The molecule has 1 atom stereocenters. The molecule has 1 aliphatic heterocycles. The quantitative estimate of drug-likeness (QED) is 0.798. The van der Waals surface area contributed by atoms with Gasteiger partial charge < -0.3 is 15.5 Å². The lowest BCUT2D eigenvalue weighted by Crippen LogP contribution is -2.41. The lowest BCUT2D eigenvalue weighted by atomic mass is 9.89. The van der Waals surface area contributed by atoms with Crippen molar-refractivity contribution in [1.82, 2.24) is 10.2 Å². The highest BCUT2D eigenvalue weighted by atomic mass is 16.3. The maximum atomic E-state index is 12.5. The fourth-order valence-electron chi connectivity index (χ4n) is 2.15. The van der Waals surface area contributed by atoms with Crippen LogP contribution in [0.15, 0.2) is 22.8 Å². The molecule has 1 unspecified atom stereocenters. The Hall–Kier alpha value is -1.82. The van der Waals surface area contributed by atoms with Crippen LogP contribution in [0.4, 0.5) is 4.79 Å². The third-order valence-corrected chi connectivity index (χ3v) is 3.85. The zero-order valence-corrected chi connectivity index (χ0v) is 12.1. The molecule has 1 aromatic heterocycles. The second kappa shape index (κ2) is 4.94. The van der Waals surface area contributed by atoms with E-state index >= 15 is 0 Å².